The van der Waals surface area contributed by atoms with Crippen LogP contribution >= 0.6 is 0 Å². The molecule has 106 valence electrons. The average molecular weight is 277 g/mol. The topological polar surface area (TPSA) is 63.7 Å². The Hall–Kier alpha value is -0.880. The van der Waals surface area contributed by atoms with Crippen LogP contribution in [0.4, 0.5) is 0 Å². The number of carbonyl (C=O) groups is 1. The minimum Gasteiger partial charge on any atom is -0.468 e. The molecule has 5 nitrogen and oxygen atoms in total. The summed E-state index contributed by atoms with van der Waals surface area (Å²) in [7, 11) is -0.769. The molecule has 0 rings (SSSR count). The molecule has 0 radical (unpaired) electrons. The third kappa shape index (κ3) is 5.18. The van der Waals surface area contributed by atoms with Gasteiger partial charge in [-0.25, -0.2) is 8.42 Å². The Morgan fingerprint density at radius 2 is 2.06 bits per heavy atom. The van der Waals surface area contributed by atoms with Gasteiger partial charge in [-0.3, -0.25) is 4.79 Å². The van der Waals surface area contributed by atoms with Crippen molar-refractivity contribution in [3.8, 4) is 0 Å². The quantitative estimate of drug-likeness (QED) is 0.364. The fraction of sp³-hybridized carbons (Fsp3) is 0.750. The van der Waals surface area contributed by atoms with Gasteiger partial charge in [-0.15, -0.1) is 6.58 Å². The van der Waals surface area contributed by atoms with Crippen molar-refractivity contribution in [3.63, 3.8) is 0 Å². The van der Waals surface area contributed by atoms with Gasteiger partial charge in [0, 0.05) is 7.05 Å². The molecule has 0 aromatic carbocycles. The number of methoxy groups -OCH3 is 1. The van der Waals surface area contributed by atoms with E-state index < -0.39 is 22.0 Å². The van der Waals surface area contributed by atoms with Crippen molar-refractivity contribution in [2.45, 2.75) is 38.6 Å². The van der Waals surface area contributed by atoms with E-state index in [1.54, 1.807) is 0 Å². The summed E-state index contributed by atoms with van der Waals surface area (Å²) in [5.74, 6) is -0.501. The summed E-state index contributed by atoms with van der Waals surface area (Å²) in [6.45, 7) is 5.53. The van der Waals surface area contributed by atoms with E-state index in [1.165, 1.54) is 20.2 Å². The number of ether oxygens (including phenoxy) is 1. The standard InChI is InChI=1S/C12H23NO4S/c1-5-7-8-10-18(15,16)13(3)11(9-6-2)12(14)17-4/h6,11H,2,5,7-10H2,1,3-4H3. The van der Waals surface area contributed by atoms with Gasteiger partial charge < -0.3 is 4.74 Å². The molecule has 0 aliphatic heterocycles. The van der Waals surface area contributed by atoms with E-state index >= 15 is 0 Å². The lowest BCUT2D eigenvalue weighted by molar-refractivity contribution is -0.144. The predicted molar refractivity (Wildman–Crippen MR) is 71.7 cm³/mol. The van der Waals surface area contributed by atoms with Crippen LogP contribution < -0.4 is 0 Å². The number of nitrogens with zero attached hydrogens (tertiary/aromatic N) is 1. The molecule has 0 aromatic rings. The van der Waals surface area contributed by atoms with Gasteiger partial charge in [0.05, 0.1) is 12.9 Å². The number of carbonyl (C=O) groups excluding carboxylic acids is 1. The molecule has 18 heavy (non-hydrogen) atoms. The number of sulfonamides is 1. The summed E-state index contributed by atoms with van der Waals surface area (Å²) >= 11 is 0. The summed E-state index contributed by atoms with van der Waals surface area (Å²) in [5.41, 5.74) is 0. The molecule has 0 aromatic heterocycles. The van der Waals surface area contributed by atoms with Gasteiger partial charge in [0.2, 0.25) is 10.0 Å². The Bertz CT molecular complexity index is 364. The molecule has 0 bridgehead atoms. The lowest BCUT2D eigenvalue weighted by Crippen LogP contribution is -2.43. The SMILES string of the molecule is C=CCC(C(=O)OC)N(C)S(=O)(=O)CCCCC. The molecule has 0 fully saturated rings. The van der Waals surface area contributed by atoms with Gasteiger partial charge in [-0.2, -0.15) is 4.31 Å². The van der Waals surface area contributed by atoms with Crippen molar-refractivity contribution >= 4 is 16.0 Å². The molecule has 0 saturated heterocycles. The molecule has 1 unspecified atom stereocenters. The second-order valence-electron chi connectivity index (χ2n) is 4.10. The van der Waals surface area contributed by atoms with E-state index in [1.807, 2.05) is 6.92 Å². The monoisotopic (exact) mass is 277 g/mol. The zero-order chi connectivity index (χ0) is 14.2. The maximum absolute atomic E-state index is 12.0. The first kappa shape index (κ1) is 17.1. The predicted octanol–water partition coefficient (Wildman–Crippen LogP) is 1.56. The first-order chi connectivity index (χ1) is 8.40. The highest BCUT2D eigenvalue weighted by Gasteiger charge is 2.30. The summed E-state index contributed by atoms with van der Waals surface area (Å²) in [6, 6.07) is -0.820. The van der Waals surface area contributed by atoms with E-state index in [2.05, 4.69) is 11.3 Å². The van der Waals surface area contributed by atoms with Crippen LogP contribution in [0.15, 0.2) is 12.7 Å². The highest BCUT2D eigenvalue weighted by Crippen LogP contribution is 2.12. The van der Waals surface area contributed by atoms with Crippen molar-refractivity contribution < 1.29 is 17.9 Å². The lowest BCUT2D eigenvalue weighted by Gasteiger charge is -2.24. The summed E-state index contributed by atoms with van der Waals surface area (Å²) < 4.78 is 29.8. The maximum Gasteiger partial charge on any atom is 0.324 e. The normalized spacial score (nSPS) is 13.3. The second kappa shape index (κ2) is 8.26. The number of hydrogen-bond donors (Lipinski definition) is 0. The van der Waals surface area contributed by atoms with E-state index in [0.717, 1.165) is 17.1 Å². The first-order valence-corrected chi connectivity index (χ1v) is 7.66. The molecular formula is C12H23NO4S. The van der Waals surface area contributed by atoms with E-state index in [9.17, 15) is 13.2 Å². The van der Waals surface area contributed by atoms with Crippen LogP contribution in [-0.2, 0) is 19.6 Å². The average Bonchev–Trinajstić information content (AvgIpc) is 2.34. The first-order valence-electron chi connectivity index (χ1n) is 6.05. The molecule has 0 aliphatic carbocycles. The van der Waals surface area contributed by atoms with Crippen molar-refractivity contribution in [3.05, 3.63) is 12.7 Å². The molecule has 0 saturated carbocycles. The highest BCUT2D eigenvalue weighted by molar-refractivity contribution is 7.89. The van der Waals surface area contributed by atoms with Crippen LogP contribution in [0.25, 0.3) is 0 Å². The molecular weight excluding hydrogens is 254 g/mol. The van der Waals surface area contributed by atoms with Gasteiger partial charge in [0.1, 0.15) is 6.04 Å². The van der Waals surface area contributed by atoms with Gasteiger partial charge in [-0.1, -0.05) is 25.8 Å². The Labute approximate surface area is 110 Å². The van der Waals surface area contributed by atoms with Crippen LogP contribution in [0.3, 0.4) is 0 Å². The second-order valence-corrected chi connectivity index (χ2v) is 6.25. The third-order valence-corrected chi connectivity index (χ3v) is 4.68. The fourth-order valence-electron chi connectivity index (χ4n) is 1.56. The third-order valence-electron chi connectivity index (χ3n) is 2.75. The Kier molecular flexibility index (Phi) is 7.86. The Morgan fingerprint density at radius 3 is 2.50 bits per heavy atom. The van der Waals surface area contributed by atoms with Crippen LogP contribution in [-0.4, -0.2) is 44.6 Å². The smallest absolute Gasteiger partial charge is 0.324 e. The van der Waals surface area contributed by atoms with Crippen LogP contribution in [0, 0.1) is 0 Å². The van der Waals surface area contributed by atoms with Gasteiger partial charge in [0.15, 0.2) is 0 Å². The number of esters is 1. The largest absolute Gasteiger partial charge is 0.468 e. The van der Waals surface area contributed by atoms with Gasteiger partial charge in [0.25, 0.3) is 0 Å². The molecule has 6 heteroatoms. The minimum atomic E-state index is -3.42. The van der Waals surface area contributed by atoms with Gasteiger partial charge in [-0.05, 0) is 12.8 Å². The maximum atomic E-state index is 12.0. The number of hydrogen-bond acceptors (Lipinski definition) is 4. The number of likely N-dealkylation sites (N-methyl/N-ethyl adjacent to an activating group) is 1. The van der Waals surface area contributed by atoms with Crippen molar-refractivity contribution in [2.75, 3.05) is 19.9 Å². The molecule has 0 heterocycles. The summed E-state index contributed by atoms with van der Waals surface area (Å²) in [6.07, 6.45) is 4.17. The Morgan fingerprint density at radius 1 is 1.44 bits per heavy atom. The lowest BCUT2D eigenvalue weighted by atomic mass is 10.2. The van der Waals surface area contributed by atoms with Crippen LogP contribution in [0.5, 0.6) is 0 Å². The zero-order valence-corrected chi connectivity index (χ0v) is 12.2. The molecule has 0 spiro atoms. The summed E-state index contributed by atoms with van der Waals surface area (Å²) in [5, 5.41) is 0. The molecule has 0 aliphatic rings. The fourth-order valence-corrected chi connectivity index (χ4v) is 2.98. The van der Waals surface area contributed by atoms with E-state index in [0.29, 0.717) is 6.42 Å². The van der Waals surface area contributed by atoms with Crippen LogP contribution in [0.1, 0.15) is 32.6 Å². The zero-order valence-electron chi connectivity index (χ0n) is 11.4. The van der Waals surface area contributed by atoms with E-state index in [-0.39, 0.29) is 12.2 Å². The van der Waals surface area contributed by atoms with Crippen LogP contribution in [0.2, 0.25) is 0 Å². The molecule has 0 amide bonds. The number of unbranched alkanes of at least 4 members (excludes halogenated alkanes) is 2. The Balaban J connectivity index is 4.78. The van der Waals surface area contributed by atoms with Crippen molar-refractivity contribution in [1.82, 2.24) is 4.31 Å². The number of rotatable bonds is 9. The summed E-state index contributed by atoms with van der Waals surface area (Å²) in [4.78, 5) is 11.5. The minimum absolute atomic E-state index is 0.0575. The van der Waals surface area contributed by atoms with Crippen molar-refractivity contribution in [1.29, 1.82) is 0 Å². The van der Waals surface area contributed by atoms with Gasteiger partial charge >= 0.3 is 5.97 Å². The molecule has 0 N–H and O–H groups in total. The highest BCUT2D eigenvalue weighted by atomic mass is 32.2. The molecule has 1 atom stereocenters. The van der Waals surface area contributed by atoms with Crippen molar-refractivity contribution in [2.24, 2.45) is 0 Å². The van der Waals surface area contributed by atoms with E-state index in [4.69, 9.17) is 0 Å².